The molecule has 0 amide bonds. The van der Waals surface area contributed by atoms with Crippen molar-refractivity contribution in [2.45, 2.75) is 32.6 Å². The highest BCUT2D eigenvalue weighted by Crippen LogP contribution is 2.31. The van der Waals surface area contributed by atoms with E-state index in [2.05, 4.69) is 42.3 Å². The Hall–Kier alpha value is -2.62. The third-order valence-corrected chi connectivity index (χ3v) is 4.49. The quantitative estimate of drug-likeness (QED) is 0.479. The first-order valence-electron chi connectivity index (χ1n) is 8.52. The molecule has 1 heterocycles. The minimum absolute atomic E-state index is 0.395. The summed E-state index contributed by atoms with van der Waals surface area (Å²) in [4.78, 5) is 15.5. The van der Waals surface area contributed by atoms with Crippen LogP contribution in [-0.2, 0) is 4.74 Å². The Labute approximate surface area is 149 Å². The predicted molar refractivity (Wildman–Crippen MR) is 99.1 cm³/mol. The van der Waals surface area contributed by atoms with Gasteiger partial charge in [0.2, 0.25) is 5.88 Å². The molecule has 1 aromatic carbocycles. The molecule has 0 saturated carbocycles. The van der Waals surface area contributed by atoms with Gasteiger partial charge in [-0.3, -0.25) is 0 Å². The van der Waals surface area contributed by atoms with Gasteiger partial charge in [0.15, 0.2) is 0 Å². The van der Waals surface area contributed by atoms with E-state index in [1.807, 2.05) is 18.2 Å². The van der Waals surface area contributed by atoms with E-state index in [9.17, 15) is 4.79 Å². The van der Waals surface area contributed by atoms with Crippen molar-refractivity contribution in [2.75, 3.05) is 7.11 Å². The first-order chi connectivity index (χ1) is 12.1. The lowest BCUT2D eigenvalue weighted by atomic mass is 9.84. The third-order valence-electron chi connectivity index (χ3n) is 4.49. The van der Waals surface area contributed by atoms with Crippen molar-refractivity contribution in [3.8, 4) is 11.6 Å². The van der Waals surface area contributed by atoms with Gasteiger partial charge in [-0.25, -0.2) is 9.78 Å². The first-order valence-corrected chi connectivity index (χ1v) is 8.52. The molecule has 0 aliphatic heterocycles. The first kappa shape index (κ1) is 18.7. The van der Waals surface area contributed by atoms with Crippen molar-refractivity contribution >= 4 is 5.97 Å². The minimum atomic E-state index is -0.414. The van der Waals surface area contributed by atoms with Crippen LogP contribution in [0.15, 0.2) is 55.3 Å². The lowest BCUT2D eigenvalue weighted by Crippen LogP contribution is -2.08. The van der Waals surface area contributed by atoms with E-state index in [0.29, 0.717) is 29.0 Å². The second-order valence-electron chi connectivity index (χ2n) is 6.03. The van der Waals surface area contributed by atoms with Crippen LogP contribution in [0.4, 0.5) is 0 Å². The summed E-state index contributed by atoms with van der Waals surface area (Å²) in [6, 6.07) is 11.4. The number of benzene rings is 1. The number of aromatic nitrogens is 1. The molecule has 0 aliphatic carbocycles. The summed E-state index contributed by atoms with van der Waals surface area (Å²) in [5.41, 5.74) is 1.68. The molecule has 0 bridgehead atoms. The number of carbonyl (C=O) groups is 1. The average Bonchev–Trinajstić information content (AvgIpc) is 2.66. The molecule has 0 saturated heterocycles. The Bertz CT molecular complexity index is 692. The van der Waals surface area contributed by atoms with Gasteiger partial charge in [-0.1, -0.05) is 38.5 Å². The fraction of sp³-hybridized carbons (Fsp3) is 0.333. The van der Waals surface area contributed by atoms with Gasteiger partial charge in [0.05, 0.1) is 12.7 Å². The van der Waals surface area contributed by atoms with E-state index in [1.165, 1.54) is 18.9 Å². The molecule has 2 aromatic rings. The zero-order valence-electron chi connectivity index (χ0n) is 15.1. The molecule has 2 unspecified atom stereocenters. The molecular weight excluding hydrogens is 314 g/mol. The number of methoxy groups -OCH3 is 1. The summed E-state index contributed by atoms with van der Waals surface area (Å²) >= 11 is 0. The van der Waals surface area contributed by atoms with Crippen LogP contribution in [0.3, 0.4) is 0 Å². The van der Waals surface area contributed by atoms with Gasteiger partial charge < -0.3 is 9.47 Å². The van der Waals surface area contributed by atoms with Crippen LogP contribution >= 0.6 is 0 Å². The molecule has 4 heteroatoms. The molecular formula is C21H25NO3. The molecule has 2 rings (SSSR count). The topological polar surface area (TPSA) is 48.4 Å². The van der Waals surface area contributed by atoms with Crippen molar-refractivity contribution in [1.82, 2.24) is 4.98 Å². The molecule has 0 aliphatic rings. The van der Waals surface area contributed by atoms with E-state index in [1.54, 1.807) is 12.1 Å². The van der Waals surface area contributed by atoms with Crippen LogP contribution in [0.2, 0.25) is 0 Å². The van der Waals surface area contributed by atoms with Gasteiger partial charge in [0.1, 0.15) is 5.75 Å². The Kier molecular flexibility index (Phi) is 6.75. The molecule has 0 radical (unpaired) electrons. The Morgan fingerprint density at radius 1 is 1.24 bits per heavy atom. The van der Waals surface area contributed by atoms with E-state index in [4.69, 9.17) is 4.74 Å². The van der Waals surface area contributed by atoms with Gasteiger partial charge >= 0.3 is 5.97 Å². The molecule has 2 atom stereocenters. The molecule has 4 nitrogen and oxygen atoms in total. The number of rotatable bonds is 8. The molecule has 0 fully saturated rings. The summed E-state index contributed by atoms with van der Waals surface area (Å²) in [5, 5.41) is 0. The van der Waals surface area contributed by atoms with E-state index >= 15 is 0 Å². The lowest BCUT2D eigenvalue weighted by Gasteiger charge is -2.22. The standard InChI is InChI=1S/C21H25NO3/c1-5-7-16(6-2)15(3)17-8-11-19(12-9-17)25-20-13-10-18(14-22-20)21(23)24-4/h5,8-16H,1,6-7H2,2-4H3. The highest BCUT2D eigenvalue weighted by Gasteiger charge is 2.16. The average molecular weight is 339 g/mol. The number of hydrogen-bond acceptors (Lipinski definition) is 4. The molecule has 0 spiro atoms. The van der Waals surface area contributed by atoms with Crippen LogP contribution in [0, 0.1) is 5.92 Å². The number of allylic oxidation sites excluding steroid dienone is 1. The normalized spacial score (nSPS) is 12.9. The van der Waals surface area contributed by atoms with Gasteiger partial charge in [-0.2, -0.15) is 0 Å². The number of hydrogen-bond donors (Lipinski definition) is 0. The van der Waals surface area contributed by atoms with Crippen LogP contribution in [0.1, 0.15) is 48.5 Å². The Balaban J connectivity index is 2.04. The number of esters is 1. The largest absolute Gasteiger partial charge is 0.465 e. The summed E-state index contributed by atoms with van der Waals surface area (Å²) in [5.74, 6) is 1.80. The smallest absolute Gasteiger partial charge is 0.339 e. The van der Waals surface area contributed by atoms with Crippen LogP contribution < -0.4 is 4.74 Å². The van der Waals surface area contributed by atoms with Gasteiger partial charge in [0.25, 0.3) is 0 Å². The monoisotopic (exact) mass is 339 g/mol. The Morgan fingerprint density at radius 2 is 1.96 bits per heavy atom. The van der Waals surface area contributed by atoms with Crippen LogP contribution in [0.5, 0.6) is 11.6 Å². The summed E-state index contributed by atoms with van der Waals surface area (Å²) < 4.78 is 10.4. The maximum absolute atomic E-state index is 11.4. The third kappa shape index (κ3) is 4.92. The van der Waals surface area contributed by atoms with Crippen molar-refractivity contribution in [1.29, 1.82) is 0 Å². The van der Waals surface area contributed by atoms with Crippen molar-refractivity contribution in [3.05, 3.63) is 66.4 Å². The molecule has 132 valence electrons. The number of carbonyl (C=O) groups excluding carboxylic acids is 1. The SMILES string of the molecule is C=CCC(CC)C(C)c1ccc(Oc2ccc(C(=O)OC)cn2)cc1. The fourth-order valence-electron chi connectivity index (χ4n) is 2.85. The zero-order chi connectivity index (χ0) is 18.2. The summed E-state index contributed by atoms with van der Waals surface area (Å²) in [6.45, 7) is 8.32. The highest BCUT2D eigenvalue weighted by molar-refractivity contribution is 5.88. The van der Waals surface area contributed by atoms with Crippen LogP contribution in [0.25, 0.3) is 0 Å². The van der Waals surface area contributed by atoms with E-state index in [0.717, 1.165) is 12.8 Å². The molecule has 1 aromatic heterocycles. The number of nitrogens with zero attached hydrogens (tertiary/aromatic N) is 1. The second-order valence-corrected chi connectivity index (χ2v) is 6.03. The summed E-state index contributed by atoms with van der Waals surface area (Å²) in [6.07, 6.45) is 5.58. The lowest BCUT2D eigenvalue weighted by molar-refractivity contribution is 0.0600. The van der Waals surface area contributed by atoms with Crippen LogP contribution in [-0.4, -0.2) is 18.1 Å². The highest BCUT2D eigenvalue weighted by atomic mass is 16.5. The van der Waals surface area contributed by atoms with Crippen molar-refractivity contribution in [2.24, 2.45) is 5.92 Å². The Morgan fingerprint density at radius 3 is 2.48 bits per heavy atom. The van der Waals surface area contributed by atoms with Gasteiger partial charge in [0, 0.05) is 12.3 Å². The maximum Gasteiger partial charge on any atom is 0.339 e. The maximum atomic E-state index is 11.4. The predicted octanol–water partition coefficient (Wildman–Crippen LogP) is 5.37. The minimum Gasteiger partial charge on any atom is -0.465 e. The summed E-state index contributed by atoms with van der Waals surface area (Å²) in [7, 11) is 1.34. The number of pyridine rings is 1. The van der Waals surface area contributed by atoms with Crippen molar-refractivity contribution < 1.29 is 14.3 Å². The molecule has 25 heavy (non-hydrogen) atoms. The van der Waals surface area contributed by atoms with Gasteiger partial charge in [-0.05, 0) is 42.0 Å². The van der Waals surface area contributed by atoms with E-state index in [-0.39, 0.29) is 0 Å². The van der Waals surface area contributed by atoms with E-state index < -0.39 is 5.97 Å². The zero-order valence-corrected chi connectivity index (χ0v) is 15.1. The second kappa shape index (κ2) is 9.02. The number of ether oxygens (including phenoxy) is 2. The van der Waals surface area contributed by atoms with Crippen molar-refractivity contribution in [3.63, 3.8) is 0 Å². The fourth-order valence-corrected chi connectivity index (χ4v) is 2.85. The molecule has 0 N–H and O–H groups in total. The van der Waals surface area contributed by atoms with Gasteiger partial charge in [-0.15, -0.1) is 6.58 Å².